The Hall–Kier alpha value is -2.02. The van der Waals surface area contributed by atoms with Crippen LogP contribution in [0.3, 0.4) is 0 Å². The number of benzene rings is 1. The van der Waals surface area contributed by atoms with E-state index in [1.54, 1.807) is 4.90 Å². The topological polar surface area (TPSA) is 75.5 Å². The minimum Gasteiger partial charge on any atom is -0.338 e. The number of hydrogen-bond acceptors (Lipinski definition) is 4. The monoisotopic (exact) mass is 335 g/mol. The zero-order valence-corrected chi connectivity index (χ0v) is 13.8. The number of carbonyl (C=O) groups excluding carboxylic acids is 1. The van der Waals surface area contributed by atoms with Crippen molar-refractivity contribution in [2.75, 3.05) is 19.6 Å². The maximum Gasteiger partial charge on any atom is 0.285 e. The minimum atomic E-state index is -0.623. The van der Waals surface area contributed by atoms with Crippen molar-refractivity contribution in [3.05, 3.63) is 39.2 Å². The van der Waals surface area contributed by atoms with Crippen LogP contribution in [-0.2, 0) is 0 Å². The molecule has 1 aliphatic heterocycles. The van der Waals surface area contributed by atoms with Crippen LogP contribution in [0.1, 0.15) is 41.6 Å². The van der Waals surface area contributed by atoms with E-state index in [2.05, 4.69) is 5.32 Å². The number of nitro groups is 1. The van der Waals surface area contributed by atoms with Gasteiger partial charge in [-0.25, -0.2) is 4.39 Å². The Morgan fingerprint density at radius 2 is 2.00 bits per heavy atom. The summed E-state index contributed by atoms with van der Waals surface area (Å²) in [5.41, 5.74) is -0.276. The van der Waals surface area contributed by atoms with E-state index in [-0.39, 0.29) is 16.8 Å². The molecular formula is C17H22FN3O3. The van der Waals surface area contributed by atoms with Gasteiger partial charge < -0.3 is 10.2 Å². The number of nitrogens with zero attached hydrogens (tertiary/aromatic N) is 2. The van der Waals surface area contributed by atoms with Gasteiger partial charge in [0.15, 0.2) is 0 Å². The summed E-state index contributed by atoms with van der Waals surface area (Å²) in [5.74, 6) is -0.269. The molecule has 1 saturated carbocycles. The third-order valence-corrected chi connectivity index (χ3v) is 4.85. The second-order valence-corrected chi connectivity index (χ2v) is 6.79. The van der Waals surface area contributed by atoms with E-state index in [4.69, 9.17) is 0 Å². The van der Waals surface area contributed by atoms with Crippen LogP contribution in [0.15, 0.2) is 12.1 Å². The highest BCUT2D eigenvalue weighted by atomic mass is 19.1. The summed E-state index contributed by atoms with van der Waals surface area (Å²) in [5, 5.41) is 14.8. The smallest absolute Gasteiger partial charge is 0.285 e. The van der Waals surface area contributed by atoms with Crippen molar-refractivity contribution in [1.29, 1.82) is 0 Å². The van der Waals surface area contributed by atoms with Crippen LogP contribution in [0.5, 0.6) is 0 Å². The molecule has 1 aromatic carbocycles. The fourth-order valence-electron chi connectivity index (χ4n) is 3.25. The molecule has 3 rings (SSSR count). The molecule has 0 atom stereocenters. The summed E-state index contributed by atoms with van der Waals surface area (Å²) < 4.78 is 13.6. The standard InChI is InChI=1S/C17H22FN3O3/c1-11-8-13(18)9-15(16(11)21(23)24)17(22)20-6-4-14(5-7-20)19-10-12-2-3-12/h8-9,12,14,19H,2-7,10H2,1H3. The Kier molecular flexibility index (Phi) is 4.80. The highest BCUT2D eigenvalue weighted by Gasteiger charge is 2.30. The van der Waals surface area contributed by atoms with E-state index in [1.165, 1.54) is 19.8 Å². The largest absolute Gasteiger partial charge is 0.338 e. The average molecular weight is 335 g/mol. The molecule has 7 heteroatoms. The Morgan fingerprint density at radius 1 is 1.33 bits per heavy atom. The number of nitrogens with one attached hydrogen (secondary N) is 1. The summed E-state index contributed by atoms with van der Waals surface area (Å²) in [4.78, 5) is 24.9. The summed E-state index contributed by atoms with van der Waals surface area (Å²) in [6, 6.07) is 2.45. The normalized spacial score (nSPS) is 18.7. The molecule has 0 unspecified atom stereocenters. The number of nitro benzene ring substituents is 1. The first kappa shape index (κ1) is 16.8. The SMILES string of the molecule is Cc1cc(F)cc(C(=O)N2CCC(NCC3CC3)CC2)c1[N+](=O)[O-]. The van der Waals surface area contributed by atoms with Gasteiger partial charge in [0.2, 0.25) is 0 Å². The number of hydrogen-bond donors (Lipinski definition) is 1. The lowest BCUT2D eigenvalue weighted by Crippen LogP contribution is -2.45. The number of likely N-dealkylation sites (tertiary alicyclic amines) is 1. The number of halogens is 1. The van der Waals surface area contributed by atoms with Crippen molar-refractivity contribution < 1.29 is 14.1 Å². The first-order valence-electron chi connectivity index (χ1n) is 8.43. The maximum atomic E-state index is 13.6. The molecule has 0 bridgehead atoms. The lowest BCUT2D eigenvalue weighted by Gasteiger charge is -2.32. The molecule has 1 aromatic rings. The molecule has 1 heterocycles. The van der Waals surface area contributed by atoms with Gasteiger partial charge in [-0.2, -0.15) is 0 Å². The third-order valence-electron chi connectivity index (χ3n) is 4.85. The summed E-state index contributed by atoms with van der Waals surface area (Å²) >= 11 is 0. The lowest BCUT2D eigenvalue weighted by molar-refractivity contribution is -0.385. The molecule has 1 amide bonds. The van der Waals surface area contributed by atoms with E-state index in [0.717, 1.165) is 37.4 Å². The predicted octanol–water partition coefficient (Wildman–Crippen LogP) is 2.65. The van der Waals surface area contributed by atoms with E-state index in [9.17, 15) is 19.3 Å². The number of piperidine rings is 1. The number of aryl methyl sites for hydroxylation is 1. The summed E-state index contributed by atoms with van der Waals surface area (Å²) in [7, 11) is 0. The maximum absolute atomic E-state index is 13.6. The van der Waals surface area contributed by atoms with E-state index >= 15 is 0 Å². The molecule has 0 spiro atoms. The Balaban J connectivity index is 1.67. The molecule has 0 radical (unpaired) electrons. The second kappa shape index (κ2) is 6.84. The van der Waals surface area contributed by atoms with Crippen molar-refractivity contribution in [3.8, 4) is 0 Å². The van der Waals surface area contributed by atoms with Crippen LogP contribution >= 0.6 is 0 Å². The van der Waals surface area contributed by atoms with Gasteiger partial charge in [0, 0.05) is 24.7 Å². The van der Waals surface area contributed by atoms with Crippen LogP contribution in [0.2, 0.25) is 0 Å². The van der Waals surface area contributed by atoms with Crippen LogP contribution in [-0.4, -0.2) is 41.4 Å². The van der Waals surface area contributed by atoms with E-state index in [0.29, 0.717) is 19.1 Å². The first-order valence-corrected chi connectivity index (χ1v) is 8.43. The second-order valence-electron chi connectivity index (χ2n) is 6.79. The fraction of sp³-hybridized carbons (Fsp3) is 0.588. The van der Waals surface area contributed by atoms with Gasteiger partial charge in [-0.3, -0.25) is 14.9 Å². The number of carbonyl (C=O) groups is 1. The van der Waals surface area contributed by atoms with Crippen LogP contribution in [0, 0.1) is 28.8 Å². The molecule has 2 aliphatic rings. The molecule has 2 fully saturated rings. The molecule has 6 nitrogen and oxygen atoms in total. The zero-order chi connectivity index (χ0) is 17.3. The molecular weight excluding hydrogens is 313 g/mol. The highest BCUT2D eigenvalue weighted by Crippen LogP contribution is 2.29. The third kappa shape index (κ3) is 3.72. The van der Waals surface area contributed by atoms with Crippen molar-refractivity contribution in [2.45, 2.75) is 38.6 Å². The molecule has 1 saturated heterocycles. The average Bonchev–Trinajstić information content (AvgIpc) is 3.36. The van der Waals surface area contributed by atoms with E-state index in [1.807, 2.05) is 0 Å². The Morgan fingerprint density at radius 3 is 2.58 bits per heavy atom. The Bertz CT molecular complexity index is 653. The van der Waals surface area contributed by atoms with E-state index < -0.39 is 16.6 Å². The minimum absolute atomic E-state index is 0.151. The molecule has 24 heavy (non-hydrogen) atoms. The van der Waals surface area contributed by atoms with Gasteiger partial charge in [-0.05, 0) is 57.2 Å². The van der Waals surface area contributed by atoms with Gasteiger partial charge in [-0.1, -0.05) is 0 Å². The molecule has 1 N–H and O–H groups in total. The van der Waals surface area contributed by atoms with Crippen LogP contribution in [0.25, 0.3) is 0 Å². The molecule has 130 valence electrons. The van der Waals surface area contributed by atoms with Crippen molar-refractivity contribution in [2.24, 2.45) is 5.92 Å². The van der Waals surface area contributed by atoms with Gasteiger partial charge in [0.25, 0.3) is 11.6 Å². The van der Waals surface area contributed by atoms with Gasteiger partial charge in [-0.15, -0.1) is 0 Å². The highest BCUT2D eigenvalue weighted by molar-refractivity contribution is 5.98. The summed E-state index contributed by atoms with van der Waals surface area (Å²) in [6.07, 6.45) is 4.24. The molecule has 0 aromatic heterocycles. The van der Waals surface area contributed by atoms with Crippen molar-refractivity contribution in [1.82, 2.24) is 10.2 Å². The van der Waals surface area contributed by atoms with Gasteiger partial charge >= 0.3 is 0 Å². The summed E-state index contributed by atoms with van der Waals surface area (Å²) in [6.45, 7) is 3.56. The number of rotatable bonds is 5. The Labute approximate surface area is 140 Å². The first-order chi connectivity index (χ1) is 11.5. The van der Waals surface area contributed by atoms with Gasteiger partial charge in [0.1, 0.15) is 11.4 Å². The zero-order valence-electron chi connectivity index (χ0n) is 13.8. The van der Waals surface area contributed by atoms with Crippen LogP contribution < -0.4 is 5.32 Å². The quantitative estimate of drug-likeness (QED) is 0.663. The van der Waals surface area contributed by atoms with Crippen molar-refractivity contribution in [3.63, 3.8) is 0 Å². The fourth-order valence-corrected chi connectivity index (χ4v) is 3.25. The lowest BCUT2D eigenvalue weighted by atomic mass is 10.0. The predicted molar refractivity (Wildman–Crippen MR) is 87.4 cm³/mol. The molecule has 1 aliphatic carbocycles. The van der Waals surface area contributed by atoms with Crippen molar-refractivity contribution >= 4 is 11.6 Å². The van der Waals surface area contributed by atoms with Crippen LogP contribution in [0.4, 0.5) is 10.1 Å². The van der Waals surface area contributed by atoms with Gasteiger partial charge in [0.05, 0.1) is 4.92 Å². The number of amides is 1.